The SMILES string of the molecule is C=C1C=CC(C)C(=C)C1CC1=Cc2cccc(-c3cc(C)cc(C)c3CC3CCCCC3(C)C)c2C1. The van der Waals surface area contributed by atoms with Crippen molar-refractivity contribution in [2.75, 3.05) is 0 Å². The first-order valence-electron chi connectivity index (χ1n) is 14.1. The number of rotatable bonds is 5. The average molecular weight is 477 g/mol. The highest BCUT2D eigenvalue weighted by Gasteiger charge is 2.33. The normalized spacial score (nSPS) is 25.1. The van der Waals surface area contributed by atoms with E-state index in [1.165, 1.54) is 82.2 Å². The van der Waals surface area contributed by atoms with E-state index >= 15 is 0 Å². The highest BCUT2D eigenvalue weighted by molar-refractivity contribution is 5.80. The zero-order valence-corrected chi connectivity index (χ0v) is 23.2. The topological polar surface area (TPSA) is 0 Å². The van der Waals surface area contributed by atoms with Gasteiger partial charge in [-0.1, -0.05) is 112 Å². The second-order valence-corrected chi connectivity index (χ2v) is 12.7. The van der Waals surface area contributed by atoms with Crippen molar-refractivity contribution in [3.05, 3.63) is 100 Å². The predicted octanol–water partition coefficient (Wildman–Crippen LogP) is 9.99. The van der Waals surface area contributed by atoms with Crippen molar-refractivity contribution < 1.29 is 0 Å². The summed E-state index contributed by atoms with van der Waals surface area (Å²) in [6.07, 6.45) is 15.7. The summed E-state index contributed by atoms with van der Waals surface area (Å²) >= 11 is 0. The Labute approximate surface area is 219 Å². The molecule has 3 unspecified atom stereocenters. The van der Waals surface area contributed by atoms with Crippen LogP contribution in [0.25, 0.3) is 17.2 Å². The van der Waals surface area contributed by atoms with Gasteiger partial charge in [-0.3, -0.25) is 0 Å². The van der Waals surface area contributed by atoms with Crippen molar-refractivity contribution >= 4 is 6.08 Å². The maximum Gasteiger partial charge on any atom is 0.00826 e. The van der Waals surface area contributed by atoms with Gasteiger partial charge in [0.05, 0.1) is 0 Å². The van der Waals surface area contributed by atoms with Crippen molar-refractivity contribution in [3.63, 3.8) is 0 Å². The molecule has 0 aliphatic heterocycles. The van der Waals surface area contributed by atoms with Crippen LogP contribution in [0.3, 0.4) is 0 Å². The molecule has 1 saturated carbocycles. The van der Waals surface area contributed by atoms with Crippen LogP contribution in [0.15, 0.2) is 72.4 Å². The van der Waals surface area contributed by atoms with E-state index in [1.807, 2.05) is 0 Å². The Kier molecular flexibility index (Phi) is 6.75. The largest absolute Gasteiger partial charge is 0.0986 e. The zero-order valence-electron chi connectivity index (χ0n) is 23.2. The highest BCUT2D eigenvalue weighted by Crippen LogP contribution is 2.46. The van der Waals surface area contributed by atoms with Crippen LogP contribution in [0.5, 0.6) is 0 Å². The summed E-state index contributed by atoms with van der Waals surface area (Å²) in [7, 11) is 0. The first-order chi connectivity index (χ1) is 17.1. The lowest BCUT2D eigenvalue weighted by Gasteiger charge is -2.39. The molecule has 2 aromatic rings. The van der Waals surface area contributed by atoms with Gasteiger partial charge in [-0.15, -0.1) is 0 Å². The molecule has 0 saturated heterocycles. The van der Waals surface area contributed by atoms with Gasteiger partial charge in [-0.05, 0) is 102 Å². The average Bonchev–Trinajstić information content (AvgIpc) is 3.24. The standard InChI is InChI=1S/C36H44/c1-23-17-26(4)33(22-30-12-8-9-16-36(30,6)7)35(18-23)31-13-10-11-29-19-28(21-34(29)31)20-32-25(3)15-14-24(2)27(32)5/h10-11,13-15,17-19,24,30,32H,3,5,8-9,12,16,20-22H2,1-2,4,6-7H3. The molecule has 0 aromatic heterocycles. The number of hydrogen-bond acceptors (Lipinski definition) is 0. The Bertz CT molecular complexity index is 1260. The molecule has 3 aliphatic carbocycles. The summed E-state index contributed by atoms with van der Waals surface area (Å²) in [4.78, 5) is 0. The van der Waals surface area contributed by atoms with Crippen molar-refractivity contribution in [1.82, 2.24) is 0 Å². The van der Waals surface area contributed by atoms with Crippen LogP contribution >= 0.6 is 0 Å². The van der Waals surface area contributed by atoms with Crippen molar-refractivity contribution in [2.24, 2.45) is 23.2 Å². The third-order valence-corrected chi connectivity index (χ3v) is 9.61. The molecular formula is C36H44. The Morgan fingerprint density at radius 1 is 1.00 bits per heavy atom. The number of allylic oxidation sites excluding steroid dienone is 5. The van der Waals surface area contributed by atoms with Gasteiger partial charge in [0, 0.05) is 5.92 Å². The van der Waals surface area contributed by atoms with E-state index in [4.69, 9.17) is 0 Å². The van der Waals surface area contributed by atoms with E-state index < -0.39 is 0 Å². The molecule has 0 heterocycles. The fourth-order valence-corrected chi connectivity index (χ4v) is 7.11. The first kappa shape index (κ1) is 25.1. The summed E-state index contributed by atoms with van der Waals surface area (Å²) in [6.45, 7) is 20.6. The van der Waals surface area contributed by atoms with Gasteiger partial charge in [0.15, 0.2) is 0 Å². The maximum absolute atomic E-state index is 4.44. The molecule has 0 N–H and O–H groups in total. The molecule has 2 aromatic carbocycles. The van der Waals surface area contributed by atoms with Crippen LogP contribution in [-0.4, -0.2) is 0 Å². The second kappa shape index (κ2) is 9.70. The summed E-state index contributed by atoms with van der Waals surface area (Å²) in [5, 5.41) is 0. The summed E-state index contributed by atoms with van der Waals surface area (Å²) in [6, 6.07) is 11.8. The molecule has 0 radical (unpaired) electrons. The summed E-state index contributed by atoms with van der Waals surface area (Å²) in [5.74, 6) is 1.55. The van der Waals surface area contributed by atoms with Crippen LogP contribution in [0.4, 0.5) is 0 Å². The molecule has 0 heteroatoms. The highest BCUT2D eigenvalue weighted by atomic mass is 14.4. The number of fused-ring (bicyclic) bond motifs is 1. The van der Waals surface area contributed by atoms with Crippen LogP contribution in [0.1, 0.15) is 80.7 Å². The van der Waals surface area contributed by atoms with Crippen LogP contribution in [-0.2, 0) is 12.8 Å². The minimum atomic E-state index is 0.360. The molecule has 0 nitrogen and oxygen atoms in total. The Hall–Kier alpha value is -2.60. The third-order valence-electron chi connectivity index (χ3n) is 9.61. The number of hydrogen-bond donors (Lipinski definition) is 0. The van der Waals surface area contributed by atoms with E-state index in [0.29, 0.717) is 17.3 Å². The zero-order chi connectivity index (χ0) is 25.6. The van der Waals surface area contributed by atoms with Crippen LogP contribution < -0.4 is 0 Å². The predicted molar refractivity (Wildman–Crippen MR) is 157 cm³/mol. The van der Waals surface area contributed by atoms with Gasteiger partial charge in [0.1, 0.15) is 0 Å². The Morgan fingerprint density at radius 3 is 2.58 bits per heavy atom. The second-order valence-electron chi connectivity index (χ2n) is 12.7. The van der Waals surface area contributed by atoms with E-state index in [1.54, 1.807) is 5.56 Å². The van der Waals surface area contributed by atoms with E-state index in [2.05, 4.69) is 96.3 Å². The Morgan fingerprint density at radius 2 is 1.81 bits per heavy atom. The third kappa shape index (κ3) is 4.72. The fourth-order valence-electron chi connectivity index (χ4n) is 7.11. The van der Waals surface area contributed by atoms with Gasteiger partial charge in [-0.25, -0.2) is 0 Å². The molecule has 0 amide bonds. The lowest BCUT2D eigenvalue weighted by molar-refractivity contribution is 0.137. The number of benzene rings is 2. The van der Waals surface area contributed by atoms with Crippen molar-refractivity contribution in [2.45, 2.75) is 79.6 Å². The molecule has 36 heavy (non-hydrogen) atoms. The molecule has 188 valence electrons. The smallest absolute Gasteiger partial charge is 0.00826 e. The molecule has 3 aliphatic rings. The molecule has 0 spiro atoms. The summed E-state index contributed by atoms with van der Waals surface area (Å²) < 4.78 is 0. The van der Waals surface area contributed by atoms with E-state index in [-0.39, 0.29) is 0 Å². The first-order valence-corrected chi connectivity index (χ1v) is 14.1. The lowest BCUT2D eigenvalue weighted by atomic mass is 9.66. The number of aryl methyl sites for hydroxylation is 2. The minimum Gasteiger partial charge on any atom is -0.0986 e. The molecule has 5 rings (SSSR count). The minimum absolute atomic E-state index is 0.360. The maximum atomic E-state index is 4.44. The van der Waals surface area contributed by atoms with Gasteiger partial charge >= 0.3 is 0 Å². The van der Waals surface area contributed by atoms with Crippen molar-refractivity contribution in [3.8, 4) is 11.1 Å². The molecule has 3 atom stereocenters. The monoisotopic (exact) mass is 476 g/mol. The fraction of sp³-hybridized carbons (Fsp3) is 0.444. The van der Waals surface area contributed by atoms with Crippen molar-refractivity contribution in [1.29, 1.82) is 0 Å². The molecule has 1 fully saturated rings. The van der Waals surface area contributed by atoms with Crippen LogP contribution in [0.2, 0.25) is 0 Å². The molecular weight excluding hydrogens is 432 g/mol. The van der Waals surface area contributed by atoms with Gasteiger partial charge in [0.2, 0.25) is 0 Å². The van der Waals surface area contributed by atoms with Gasteiger partial charge in [0.25, 0.3) is 0 Å². The molecule has 0 bridgehead atoms. The van der Waals surface area contributed by atoms with Gasteiger partial charge in [-0.2, -0.15) is 0 Å². The van der Waals surface area contributed by atoms with E-state index in [9.17, 15) is 0 Å². The lowest BCUT2D eigenvalue weighted by Crippen LogP contribution is -2.29. The summed E-state index contributed by atoms with van der Waals surface area (Å²) in [5.41, 5.74) is 14.7. The van der Waals surface area contributed by atoms with Gasteiger partial charge < -0.3 is 0 Å². The van der Waals surface area contributed by atoms with Crippen LogP contribution in [0, 0.1) is 37.0 Å². The van der Waals surface area contributed by atoms with E-state index in [0.717, 1.165) is 18.8 Å². The Balaban J connectivity index is 1.47. The quantitative estimate of drug-likeness (QED) is 0.377.